The molecule has 1 aromatic carbocycles. The first kappa shape index (κ1) is 14.6. The Morgan fingerprint density at radius 1 is 1.14 bits per heavy atom. The summed E-state index contributed by atoms with van der Waals surface area (Å²) in [6.45, 7) is 4.81. The molecule has 0 amide bonds. The lowest BCUT2D eigenvalue weighted by atomic mass is 10.2. The van der Waals surface area contributed by atoms with Gasteiger partial charge in [-0.3, -0.25) is 0 Å². The van der Waals surface area contributed by atoms with Crippen LogP contribution in [0.1, 0.15) is 40.6 Å². The lowest BCUT2D eigenvalue weighted by Gasteiger charge is -2.07. The van der Waals surface area contributed by atoms with Crippen molar-refractivity contribution in [1.82, 2.24) is 5.32 Å². The first-order valence-electron chi connectivity index (χ1n) is 7.88. The van der Waals surface area contributed by atoms with Gasteiger partial charge in [-0.15, -0.1) is 11.3 Å². The van der Waals surface area contributed by atoms with E-state index in [1.54, 1.807) is 10.4 Å². The van der Waals surface area contributed by atoms with Crippen molar-refractivity contribution in [3.05, 3.63) is 51.2 Å². The first-order valence-corrected chi connectivity index (χ1v) is 8.69. The van der Waals surface area contributed by atoms with Gasteiger partial charge in [0.15, 0.2) is 0 Å². The number of aryl methyl sites for hydroxylation is 2. The molecule has 0 atom stereocenters. The van der Waals surface area contributed by atoms with Crippen molar-refractivity contribution in [2.75, 3.05) is 6.61 Å². The van der Waals surface area contributed by atoms with E-state index >= 15 is 0 Å². The van der Waals surface area contributed by atoms with Gasteiger partial charge in [0.25, 0.3) is 0 Å². The van der Waals surface area contributed by atoms with Gasteiger partial charge in [0.1, 0.15) is 5.75 Å². The third-order valence-corrected chi connectivity index (χ3v) is 5.06. The lowest BCUT2D eigenvalue weighted by Crippen LogP contribution is -2.11. The van der Waals surface area contributed by atoms with Crippen LogP contribution < -0.4 is 10.1 Å². The van der Waals surface area contributed by atoms with Crippen molar-refractivity contribution in [3.63, 3.8) is 0 Å². The molecule has 0 aliphatic heterocycles. The van der Waals surface area contributed by atoms with Crippen LogP contribution in [-0.4, -0.2) is 6.61 Å². The molecule has 2 aromatic rings. The summed E-state index contributed by atoms with van der Waals surface area (Å²) < 4.78 is 5.60. The normalized spacial score (nSPS) is 13.4. The van der Waals surface area contributed by atoms with Crippen LogP contribution in [0.3, 0.4) is 0 Å². The fraction of sp³-hybridized carbons (Fsp3) is 0.444. The summed E-state index contributed by atoms with van der Waals surface area (Å²) in [5.41, 5.74) is 2.90. The number of hydrogen-bond donors (Lipinski definition) is 1. The van der Waals surface area contributed by atoms with Gasteiger partial charge >= 0.3 is 0 Å². The number of ether oxygens (including phenoxy) is 1. The second-order valence-corrected chi connectivity index (χ2v) is 6.83. The van der Waals surface area contributed by atoms with Crippen LogP contribution in [0, 0.1) is 0 Å². The highest BCUT2D eigenvalue weighted by Crippen LogP contribution is 2.30. The van der Waals surface area contributed by atoms with E-state index in [0.29, 0.717) is 0 Å². The van der Waals surface area contributed by atoms with E-state index in [0.717, 1.165) is 31.9 Å². The largest absolute Gasteiger partial charge is 0.494 e. The Balaban J connectivity index is 1.46. The molecule has 1 aliphatic carbocycles. The summed E-state index contributed by atoms with van der Waals surface area (Å²) in [4.78, 5) is 3.09. The standard InChI is InChI=1S/C18H23NOS/c1-2-10-20-16-8-6-14(7-9-16)12-19-13-17-11-15-4-3-5-18(15)21-17/h6-9,11,19H,2-5,10,12-13H2,1H3. The van der Waals surface area contributed by atoms with Crippen LogP contribution in [0.4, 0.5) is 0 Å². The molecule has 1 N–H and O–H groups in total. The Morgan fingerprint density at radius 3 is 2.76 bits per heavy atom. The summed E-state index contributed by atoms with van der Waals surface area (Å²) in [5, 5.41) is 3.54. The number of nitrogens with one attached hydrogen (secondary N) is 1. The fourth-order valence-electron chi connectivity index (χ4n) is 2.73. The minimum Gasteiger partial charge on any atom is -0.494 e. The Labute approximate surface area is 131 Å². The molecule has 2 nitrogen and oxygen atoms in total. The lowest BCUT2D eigenvalue weighted by molar-refractivity contribution is 0.317. The second kappa shape index (κ2) is 7.10. The van der Waals surface area contributed by atoms with Gasteiger partial charge in [-0.2, -0.15) is 0 Å². The molecule has 112 valence electrons. The van der Waals surface area contributed by atoms with E-state index in [4.69, 9.17) is 4.74 Å². The molecule has 0 bridgehead atoms. The van der Waals surface area contributed by atoms with Gasteiger partial charge < -0.3 is 10.1 Å². The van der Waals surface area contributed by atoms with Crippen LogP contribution in [-0.2, 0) is 25.9 Å². The summed E-state index contributed by atoms with van der Waals surface area (Å²) in [6.07, 6.45) is 4.97. The molecule has 0 saturated carbocycles. The summed E-state index contributed by atoms with van der Waals surface area (Å²) in [7, 11) is 0. The van der Waals surface area contributed by atoms with E-state index in [1.165, 1.54) is 29.7 Å². The molecule has 21 heavy (non-hydrogen) atoms. The SMILES string of the molecule is CCCOc1ccc(CNCc2cc3c(s2)CCC3)cc1. The molecule has 0 spiro atoms. The predicted octanol–water partition coefficient (Wildman–Crippen LogP) is 4.32. The highest BCUT2D eigenvalue weighted by Gasteiger charge is 2.14. The first-order chi connectivity index (χ1) is 10.3. The average molecular weight is 301 g/mol. The monoisotopic (exact) mass is 301 g/mol. The Hall–Kier alpha value is -1.32. The van der Waals surface area contributed by atoms with Gasteiger partial charge in [-0.05, 0) is 55.0 Å². The minimum atomic E-state index is 0.792. The Kier molecular flexibility index (Phi) is 4.94. The van der Waals surface area contributed by atoms with Crippen molar-refractivity contribution < 1.29 is 4.74 Å². The average Bonchev–Trinajstić information content (AvgIpc) is 3.08. The molecule has 1 aliphatic rings. The number of benzene rings is 1. The van der Waals surface area contributed by atoms with Crippen LogP contribution in [0.5, 0.6) is 5.75 Å². The molecule has 1 heterocycles. The molecule has 1 aromatic heterocycles. The summed E-state index contributed by atoms with van der Waals surface area (Å²) in [6, 6.07) is 10.8. The number of hydrogen-bond acceptors (Lipinski definition) is 3. The smallest absolute Gasteiger partial charge is 0.119 e. The molecular formula is C18H23NOS. The number of fused-ring (bicyclic) bond motifs is 1. The third kappa shape index (κ3) is 3.86. The molecular weight excluding hydrogens is 278 g/mol. The van der Waals surface area contributed by atoms with Gasteiger partial charge in [0.2, 0.25) is 0 Å². The number of thiophene rings is 1. The fourth-order valence-corrected chi connectivity index (χ4v) is 3.96. The molecule has 0 unspecified atom stereocenters. The van der Waals surface area contributed by atoms with Crippen LogP contribution >= 0.6 is 11.3 Å². The van der Waals surface area contributed by atoms with Crippen molar-refractivity contribution in [1.29, 1.82) is 0 Å². The Morgan fingerprint density at radius 2 is 2.00 bits per heavy atom. The molecule has 0 saturated heterocycles. The number of rotatable bonds is 7. The van der Waals surface area contributed by atoms with E-state index < -0.39 is 0 Å². The van der Waals surface area contributed by atoms with Gasteiger partial charge in [0, 0.05) is 22.8 Å². The van der Waals surface area contributed by atoms with Crippen LogP contribution in [0.15, 0.2) is 30.3 Å². The zero-order chi connectivity index (χ0) is 14.5. The van der Waals surface area contributed by atoms with Crippen molar-refractivity contribution in [2.24, 2.45) is 0 Å². The van der Waals surface area contributed by atoms with E-state index in [9.17, 15) is 0 Å². The van der Waals surface area contributed by atoms with Crippen molar-refractivity contribution in [2.45, 2.75) is 45.7 Å². The quantitative estimate of drug-likeness (QED) is 0.822. The predicted molar refractivity (Wildman–Crippen MR) is 89.1 cm³/mol. The van der Waals surface area contributed by atoms with Crippen LogP contribution in [0.25, 0.3) is 0 Å². The summed E-state index contributed by atoms with van der Waals surface area (Å²) in [5.74, 6) is 0.968. The van der Waals surface area contributed by atoms with E-state index in [1.807, 2.05) is 11.3 Å². The zero-order valence-electron chi connectivity index (χ0n) is 12.7. The molecule has 3 rings (SSSR count). The van der Waals surface area contributed by atoms with Crippen LogP contribution in [0.2, 0.25) is 0 Å². The molecule has 0 fully saturated rings. The van der Waals surface area contributed by atoms with Gasteiger partial charge in [0.05, 0.1) is 6.61 Å². The van der Waals surface area contributed by atoms with Crippen molar-refractivity contribution >= 4 is 11.3 Å². The van der Waals surface area contributed by atoms with Gasteiger partial charge in [-0.25, -0.2) is 0 Å². The summed E-state index contributed by atoms with van der Waals surface area (Å²) >= 11 is 1.99. The third-order valence-electron chi connectivity index (χ3n) is 3.82. The molecule has 3 heteroatoms. The minimum absolute atomic E-state index is 0.792. The highest BCUT2D eigenvalue weighted by atomic mass is 32.1. The van der Waals surface area contributed by atoms with E-state index in [-0.39, 0.29) is 0 Å². The zero-order valence-corrected chi connectivity index (χ0v) is 13.5. The maximum absolute atomic E-state index is 5.60. The van der Waals surface area contributed by atoms with Crippen molar-refractivity contribution in [3.8, 4) is 5.75 Å². The maximum atomic E-state index is 5.60. The van der Waals surface area contributed by atoms with Gasteiger partial charge in [-0.1, -0.05) is 19.1 Å². The highest BCUT2D eigenvalue weighted by molar-refractivity contribution is 7.12. The Bertz CT molecular complexity index is 552. The second-order valence-electron chi connectivity index (χ2n) is 5.61. The topological polar surface area (TPSA) is 21.3 Å². The maximum Gasteiger partial charge on any atom is 0.119 e. The van der Waals surface area contributed by atoms with E-state index in [2.05, 4.69) is 42.6 Å². The molecule has 0 radical (unpaired) electrons.